The lowest BCUT2D eigenvalue weighted by atomic mass is 9.95. The predicted molar refractivity (Wildman–Crippen MR) is 110 cm³/mol. The van der Waals surface area contributed by atoms with E-state index in [1.165, 1.54) is 16.3 Å². The van der Waals surface area contributed by atoms with Crippen LogP contribution in [0.2, 0.25) is 0 Å². The van der Waals surface area contributed by atoms with Crippen molar-refractivity contribution in [1.82, 2.24) is 4.90 Å². The van der Waals surface area contributed by atoms with Gasteiger partial charge in [0.05, 0.1) is 0 Å². The molecule has 0 bridgehead atoms. The van der Waals surface area contributed by atoms with Crippen molar-refractivity contribution in [3.05, 3.63) is 83.4 Å². The maximum Gasteiger partial charge on any atom is 0.253 e. The lowest BCUT2D eigenvalue weighted by Gasteiger charge is -2.19. The first kappa shape index (κ1) is 18.2. The zero-order chi connectivity index (χ0) is 18.5. The normalized spacial score (nSPS) is 12.1. The van der Waals surface area contributed by atoms with Crippen LogP contribution in [0, 0.1) is 0 Å². The maximum absolute atomic E-state index is 12.9. The van der Waals surface area contributed by atoms with Crippen LogP contribution >= 0.6 is 0 Å². The number of hydrogen-bond donors (Lipinski definition) is 0. The average molecular weight is 345 g/mol. The first-order chi connectivity index (χ1) is 12.6. The lowest BCUT2D eigenvalue weighted by molar-refractivity contribution is 0.0785. The van der Waals surface area contributed by atoms with E-state index in [1.807, 2.05) is 31.3 Å². The first-order valence-corrected chi connectivity index (χ1v) is 9.41. The smallest absolute Gasteiger partial charge is 0.253 e. The van der Waals surface area contributed by atoms with E-state index in [1.54, 1.807) is 4.90 Å². The molecular weight excluding hydrogens is 318 g/mol. The summed E-state index contributed by atoms with van der Waals surface area (Å²) in [5.41, 5.74) is 3.17. The van der Waals surface area contributed by atoms with Gasteiger partial charge in [0.25, 0.3) is 5.91 Å². The highest BCUT2D eigenvalue weighted by atomic mass is 16.2. The third kappa shape index (κ3) is 4.13. The Morgan fingerprint density at radius 1 is 0.962 bits per heavy atom. The molecule has 0 saturated carbocycles. The number of carbonyl (C=O) groups excluding carboxylic acids is 1. The second-order valence-corrected chi connectivity index (χ2v) is 7.16. The highest BCUT2D eigenvalue weighted by Gasteiger charge is 2.14. The van der Waals surface area contributed by atoms with Crippen molar-refractivity contribution in [1.29, 1.82) is 0 Å². The summed E-state index contributed by atoms with van der Waals surface area (Å²) >= 11 is 0. The lowest BCUT2D eigenvalue weighted by Crippen LogP contribution is -2.26. The quantitative estimate of drug-likeness (QED) is 0.535. The van der Waals surface area contributed by atoms with Crippen molar-refractivity contribution < 1.29 is 4.79 Å². The molecule has 0 radical (unpaired) electrons. The summed E-state index contributed by atoms with van der Waals surface area (Å²) in [5.74, 6) is 0.558. The van der Waals surface area contributed by atoms with Crippen molar-refractivity contribution in [2.75, 3.05) is 7.05 Å². The Labute approximate surface area is 156 Å². The van der Waals surface area contributed by atoms with Gasteiger partial charge in [-0.05, 0) is 52.4 Å². The van der Waals surface area contributed by atoms with Crippen LogP contribution < -0.4 is 0 Å². The van der Waals surface area contributed by atoms with E-state index < -0.39 is 0 Å². The zero-order valence-electron chi connectivity index (χ0n) is 15.9. The third-order valence-corrected chi connectivity index (χ3v) is 5.00. The molecule has 0 aliphatic heterocycles. The predicted octanol–water partition coefficient (Wildman–Crippen LogP) is 6.02. The molecule has 0 aliphatic carbocycles. The molecule has 3 aromatic rings. The standard InChI is InChI=1S/C24H27NO/c1-4-8-18(2)21-11-7-12-23(16-21)24(26)25(3)17-19-13-14-20-9-5-6-10-22(20)15-19/h5-7,9-16,18H,4,8,17H2,1-3H3. The second kappa shape index (κ2) is 8.18. The van der Waals surface area contributed by atoms with Gasteiger partial charge in [0.1, 0.15) is 0 Å². The van der Waals surface area contributed by atoms with Gasteiger partial charge in [-0.3, -0.25) is 4.79 Å². The molecule has 0 aromatic heterocycles. The van der Waals surface area contributed by atoms with E-state index >= 15 is 0 Å². The molecule has 0 spiro atoms. The van der Waals surface area contributed by atoms with Crippen molar-refractivity contribution in [2.45, 2.75) is 39.2 Å². The summed E-state index contributed by atoms with van der Waals surface area (Å²) in [6.07, 6.45) is 2.30. The van der Waals surface area contributed by atoms with Crippen molar-refractivity contribution in [3.63, 3.8) is 0 Å². The Bertz CT molecular complexity index is 899. The van der Waals surface area contributed by atoms with E-state index in [0.717, 1.165) is 24.0 Å². The molecule has 3 rings (SSSR count). The van der Waals surface area contributed by atoms with Crippen LogP contribution in [-0.4, -0.2) is 17.9 Å². The number of rotatable bonds is 6. The molecule has 2 heteroatoms. The molecule has 0 aliphatic rings. The first-order valence-electron chi connectivity index (χ1n) is 9.41. The van der Waals surface area contributed by atoms with E-state index in [-0.39, 0.29) is 5.91 Å². The number of nitrogens with zero attached hydrogens (tertiary/aromatic N) is 1. The van der Waals surface area contributed by atoms with Crippen LogP contribution in [0.1, 0.15) is 54.1 Å². The number of fused-ring (bicyclic) bond motifs is 1. The number of benzene rings is 3. The fraction of sp³-hybridized carbons (Fsp3) is 0.292. The Morgan fingerprint density at radius 3 is 2.50 bits per heavy atom. The van der Waals surface area contributed by atoms with Gasteiger partial charge in [-0.1, -0.05) is 68.8 Å². The zero-order valence-corrected chi connectivity index (χ0v) is 15.9. The second-order valence-electron chi connectivity index (χ2n) is 7.16. The minimum absolute atomic E-state index is 0.0729. The van der Waals surface area contributed by atoms with Gasteiger partial charge in [-0.15, -0.1) is 0 Å². The van der Waals surface area contributed by atoms with Gasteiger partial charge in [0, 0.05) is 19.2 Å². The summed E-state index contributed by atoms with van der Waals surface area (Å²) in [6, 6.07) is 22.8. The Hall–Kier alpha value is -2.61. The van der Waals surface area contributed by atoms with Crippen molar-refractivity contribution in [3.8, 4) is 0 Å². The van der Waals surface area contributed by atoms with Crippen LogP contribution in [0.25, 0.3) is 10.8 Å². The summed E-state index contributed by atoms with van der Waals surface area (Å²) < 4.78 is 0. The molecule has 0 N–H and O–H groups in total. The average Bonchev–Trinajstić information content (AvgIpc) is 2.67. The van der Waals surface area contributed by atoms with Gasteiger partial charge in [-0.2, -0.15) is 0 Å². The monoisotopic (exact) mass is 345 g/mol. The number of carbonyl (C=O) groups is 1. The largest absolute Gasteiger partial charge is 0.337 e. The maximum atomic E-state index is 12.9. The van der Waals surface area contributed by atoms with E-state index in [0.29, 0.717) is 12.5 Å². The summed E-state index contributed by atoms with van der Waals surface area (Å²) in [7, 11) is 1.87. The molecule has 1 amide bonds. The fourth-order valence-electron chi connectivity index (χ4n) is 3.48. The molecule has 0 fully saturated rings. The topological polar surface area (TPSA) is 20.3 Å². The summed E-state index contributed by atoms with van der Waals surface area (Å²) in [4.78, 5) is 14.7. The van der Waals surface area contributed by atoms with E-state index in [2.05, 4.69) is 56.3 Å². The van der Waals surface area contributed by atoms with Gasteiger partial charge in [-0.25, -0.2) is 0 Å². The van der Waals surface area contributed by atoms with Crippen LogP contribution in [0.4, 0.5) is 0 Å². The van der Waals surface area contributed by atoms with Gasteiger partial charge in [0.15, 0.2) is 0 Å². The summed E-state index contributed by atoms with van der Waals surface area (Å²) in [6.45, 7) is 5.03. The minimum atomic E-state index is 0.0729. The van der Waals surface area contributed by atoms with Gasteiger partial charge >= 0.3 is 0 Å². The Kier molecular flexibility index (Phi) is 5.72. The Balaban J connectivity index is 1.75. The SMILES string of the molecule is CCCC(C)c1cccc(C(=O)N(C)Cc2ccc3ccccc3c2)c1. The molecule has 3 aromatic carbocycles. The molecule has 0 heterocycles. The van der Waals surface area contributed by atoms with Crippen LogP contribution in [0.5, 0.6) is 0 Å². The highest BCUT2D eigenvalue weighted by molar-refractivity contribution is 5.94. The number of amides is 1. The molecule has 2 nitrogen and oxygen atoms in total. The van der Waals surface area contributed by atoms with Crippen molar-refractivity contribution in [2.24, 2.45) is 0 Å². The van der Waals surface area contributed by atoms with E-state index in [4.69, 9.17) is 0 Å². The highest BCUT2D eigenvalue weighted by Crippen LogP contribution is 2.22. The van der Waals surface area contributed by atoms with Crippen LogP contribution in [0.3, 0.4) is 0 Å². The van der Waals surface area contributed by atoms with Gasteiger partial charge < -0.3 is 4.90 Å². The minimum Gasteiger partial charge on any atom is -0.337 e. The van der Waals surface area contributed by atoms with Crippen LogP contribution in [-0.2, 0) is 6.54 Å². The molecule has 1 atom stereocenters. The molecule has 0 saturated heterocycles. The molecular formula is C24H27NO. The fourth-order valence-corrected chi connectivity index (χ4v) is 3.48. The Morgan fingerprint density at radius 2 is 1.73 bits per heavy atom. The molecule has 26 heavy (non-hydrogen) atoms. The third-order valence-electron chi connectivity index (χ3n) is 5.00. The van der Waals surface area contributed by atoms with Crippen molar-refractivity contribution >= 4 is 16.7 Å². The van der Waals surface area contributed by atoms with Crippen LogP contribution in [0.15, 0.2) is 66.7 Å². The molecule has 1 unspecified atom stereocenters. The van der Waals surface area contributed by atoms with E-state index in [9.17, 15) is 4.79 Å². The van der Waals surface area contributed by atoms with Gasteiger partial charge in [0.2, 0.25) is 0 Å². The molecule has 134 valence electrons. The number of hydrogen-bond acceptors (Lipinski definition) is 1. The summed E-state index contributed by atoms with van der Waals surface area (Å²) in [5, 5.41) is 2.43.